The molecule has 23 heavy (non-hydrogen) atoms. The van der Waals surface area contributed by atoms with Crippen LogP contribution in [0.15, 0.2) is 53.0 Å². The van der Waals surface area contributed by atoms with Crippen molar-refractivity contribution in [2.75, 3.05) is 20.2 Å². The van der Waals surface area contributed by atoms with Crippen LogP contribution in [0.3, 0.4) is 0 Å². The highest BCUT2D eigenvalue weighted by Gasteiger charge is 2.04. The Balaban J connectivity index is 1.84. The summed E-state index contributed by atoms with van der Waals surface area (Å²) in [6.07, 6.45) is 1.00. The average molecular weight is 377 g/mol. The standard InChI is InChI=1S/C18H21BrN2O2/c1-21(10-9-14-5-7-16(19)8-6-14)12-15-3-2-4-17(11-15)23-13-18(20)22/h2-8,11H,9-10,12-13H2,1H3,(H2,20,22). The van der Waals surface area contributed by atoms with Gasteiger partial charge in [0.1, 0.15) is 5.75 Å². The first-order valence-electron chi connectivity index (χ1n) is 7.46. The van der Waals surface area contributed by atoms with Crippen molar-refractivity contribution in [3.05, 3.63) is 64.1 Å². The van der Waals surface area contributed by atoms with Gasteiger partial charge in [-0.1, -0.05) is 40.2 Å². The molecule has 0 saturated heterocycles. The summed E-state index contributed by atoms with van der Waals surface area (Å²) in [7, 11) is 2.09. The summed E-state index contributed by atoms with van der Waals surface area (Å²) in [5.41, 5.74) is 7.55. The lowest BCUT2D eigenvalue weighted by molar-refractivity contribution is -0.119. The van der Waals surface area contributed by atoms with Crippen LogP contribution in [0.25, 0.3) is 0 Å². The second-order valence-corrected chi connectivity index (χ2v) is 6.43. The molecule has 4 nitrogen and oxygen atoms in total. The lowest BCUT2D eigenvalue weighted by Gasteiger charge is -2.17. The van der Waals surface area contributed by atoms with E-state index in [9.17, 15) is 4.79 Å². The van der Waals surface area contributed by atoms with Gasteiger partial charge in [-0.25, -0.2) is 0 Å². The van der Waals surface area contributed by atoms with Gasteiger partial charge in [0, 0.05) is 17.6 Å². The molecule has 122 valence electrons. The second kappa shape index (κ2) is 8.70. The summed E-state index contributed by atoms with van der Waals surface area (Å²) in [5.74, 6) is 0.199. The number of carbonyl (C=O) groups is 1. The number of benzene rings is 2. The molecule has 0 radical (unpaired) electrons. The van der Waals surface area contributed by atoms with E-state index in [2.05, 4.69) is 52.1 Å². The third kappa shape index (κ3) is 6.42. The molecule has 5 heteroatoms. The zero-order valence-corrected chi connectivity index (χ0v) is 14.8. The lowest BCUT2D eigenvalue weighted by atomic mass is 10.1. The monoisotopic (exact) mass is 376 g/mol. The number of ether oxygens (including phenoxy) is 1. The molecule has 0 fully saturated rings. The highest BCUT2D eigenvalue weighted by Crippen LogP contribution is 2.15. The van der Waals surface area contributed by atoms with E-state index in [1.54, 1.807) is 0 Å². The molecule has 0 aromatic heterocycles. The fourth-order valence-corrected chi connectivity index (χ4v) is 2.51. The van der Waals surface area contributed by atoms with Crippen molar-refractivity contribution in [1.29, 1.82) is 0 Å². The van der Waals surface area contributed by atoms with E-state index < -0.39 is 5.91 Å². The molecule has 0 bridgehead atoms. The lowest BCUT2D eigenvalue weighted by Crippen LogP contribution is -2.21. The van der Waals surface area contributed by atoms with Crippen molar-refractivity contribution >= 4 is 21.8 Å². The number of nitrogens with two attached hydrogens (primary N) is 1. The maximum absolute atomic E-state index is 10.8. The summed E-state index contributed by atoms with van der Waals surface area (Å²) in [6, 6.07) is 16.1. The van der Waals surface area contributed by atoms with Gasteiger partial charge >= 0.3 is 0 Å². The number of hydrogen-bond donors (Lipinski definition) is 1. The van der Waals surface area contributed by atoms with Crippen molar-refractivity contribution in [3.63, 3.8) is 0 Å². The maximum atomic E-state index is 10.8. The molecule has 0 atom stereocenters. The number of rotatable bonds is 8. The molecular formula is C18H21BrN2O2. The number of hydrogen-bond acceptors (Lipinski definition) is 3. The van der Waals surface area contributed by atoms with Crippen molar-refractivity contribution in [1.82, 2.24) is 4.90 Å². The quantitative estimate of drug-likeness (QED) is 0.770. The molecule has 0 saturated carbocycles. The van der Waals surface area contributed by atoms with Crippen LogP contribution in [-0.2, 0) is 17.8 Å². The van der Waals surface area contributed by atoms with Gasteiger partial charge in [-0.15, -0.1) is 0 Å². The number of nitrogens with zero attached hydrogens (tertiary/aromatic N) is 1. The van der Waals surface area contributed by atoms with Gasteiger partial charge in [-0.3, -0.25) is 4.79 Å². The highest BCUT2D eigenvalue weighted by molar-refractivity contribution is 9.10. The first kappa shape index (κ1) is 17.5. The van der Waals surface area contributed by atoms with Gasteiger partial charge in [0.2, 0.25) is 0 Å². The van der Waals surface area contributed by atoms with E-state index in [1.165, 1.54) is 5.56 Å². The van der Waals surface area contributed by atoms with E-state index in [4.69, 9.17) is 10.5 Å². The minimum atomic E-state index is -0.470. The first-order chi connectivity index (χ1) is 11.0. The molecule has 2 aromatic rings. The van der Waals surface area contributed by atoms with Crippen molar-refractivity contribution in [2.24, 2.45) is 5.73 Å². The fourth-order valence-electron chi connectivity index (χ4n) is 2.25. The Morgan fingerprint density at radius 3 is 2.61 bits per heavy atom. The molecular weight excluding hydrogens is 356 g/mol. The van der Waals surface area contributed by atoms with E-state index in [1.807, 2.05) is 24.3 Å². The molecule has 0 aliphatic carbocycles. The Morgan fingerprint density at radius 2 is 1.91 bits per heavy atom. The Hall–Kier alpha value is -1.85. The van der Waals surface area contributed by atoms with Crippen LogP contribution in [0.2, 0.25) is 0 Å². The van der Waals surface area contributed by atoms with Crippen LogP contribution in [-0.4, -0.2) is 31.0 Å². The Bertz CT molecular complexity index is 644. The van der Waals surface area contributed by atoms with Crippen molar-refractivity contribution in [3.8, 4) is 5.75 Å². The maximum Gasteiger partial charge on any atom is 0.255 e. The van der Waals surface area contributed by atoms with Gasteiger partial charge < -0.3 is 15.4 Å². The minimum Gasteiger partial charge on any atom is -0.484 e. The molecule has 2 N–H and O–H groups in total. The van der Waals surface area contributed by atoms with E-state index in [-0.39, 0.29) is 6.61 Å². The molecule has 1 amide bonds. The average Bonchev–Trinajstić information content (AvgIpc) is 2.53. The van der Waals surface area contributed by atoms with Crippen molar-refractivity contribution in [2.45, 2.75) is 13.0 Å². The number of halogens is 1. The molecule has 0 heterocycles. The molecule has 0 spiro atoms. The number of carbonyl (C=O) groups excluding carboxylic acids is 1. The van der Waals surface area contributed by atoms with Crippen LogP contribution in [0.5, 0.6) is 5.75 Å². The normalized spacial score (nSPS) is 10.7. The third-order valence-corrected chi connectivity index (χ3v) is 3.96. The second-order valence-electron chi connectivity index (χ2n) is 5.52. The van der Waals surface area contributed by atoms with Crippen LogP contribution < -0.4 is 10.5 Å². The predicted molar refractivity (Wildman–Crippen MR) is 95.3 cm³/mol. The molecule has 0 unspecified atom stereocenters. The van der Waals surface area contributed by atoms with E-state index in [0.717, 1.165) is 29.5 Å². The predicted octanol–water partition coefficient (Wildman–Crippen LogP) is 2.99. The van der Waals surface area contributed by atoms with Gasteiger partial charge in [0.15, 0.2) is 6.61 Å². The summed E-state index contributed by atoms with van der Waals surface area (Å²) in [5, 5.41) is 0. The zero-order valence-electron chi connectivity index (χ0n) is 13.2. The van der Waals surface area contributed by atoms with Crippen LogP contribution >= 0.6 is 15.9 Å². The van der Waals surface area contributed by atoms with Crippen molar-refractivity contribution < 1.29 is 9.53 Å². The highest BCUT2D eigenvalue weighted by atomic mass is 79.9. The minimum absolute atomic E-state index is 0.0944. The Kier molecular flexibility index (Phi) is 6.62. The topological polar surface area (TPSA) is 55.6 Å². The Labute approximate surface area is 145 Å². The SMILES string of the molecule is CN(CCc1ccc(Br)cc1)Cc1cccc(OCC(N)=O)c1. The first-order valence-corrected chi connectivity index (χ1v) is 8.25. The largest absolute Gasteiger partial charge is 0.484 e. The van der Waals surface area contributed by atoms with E-state index >= 15 is 0 Å². The Morgan fingerprint density at radius 1 is 1.17 bits per heavy atom. The third-order valence-electron chi connectivity index (χ3n) is 3.43. The van der Waals surface area contributed by atoms with E-state index in [0.29, 0.717) is 5.75 Å². The summed E-state index contributed by atoms with van der Waals surface area (Å²) in [6.45, 7) is 1.70. The molecule has 0 aliphatic rings. The zero-order chi connectivity index (χ0) is 16.7. The van der Waals surface area contributed by atoms with Crippen LogP contribution in [0.1, 0.15) is 11.1 Å². The van der Waals surface area contributed by atoms with Crippen LogP contribution in [0, 0.1) is 0 Å². The fraction of sp³-hybridized carbons (Fsp3) is 0.278. The number of amides is 1. The van der Waals surface area contributed by atoms with Crippen LogP contribution in [0.4, 0.5) is 0 Å². The number of likely N-dealkylation sites (N-methyl/N-ethyl adjacent to an activating group) is 1. The number of primary amides is 1. The summed E-state index contributed by atoms with van der Waals surface area (Å²) < 4.78 is 6.43. The van der Waals surface area contributed by atoms with Gasteiger partial charge in [0.05, 0.1) is 0 Å². The molecule has 0 aliphatic heterocycles. The molecule has 2 aromatic carbocycles. The molecule has 2 rings (SSSR count). The van der Waals surface area contributed by atoms with Gasteiger partial charge in [0.25, 0.3) is 5.91 Å². The van der Waals surface area contributed by atoms with Gasteiger partial charge in [-0.2, -0.15) is 0 Å². The smallest absolute Gasteiger partial charge is 0.255 e. The summed E-state index contributed by atoms with van der Waals surface area (Å²) in [4.78, 5) is 13.0. The summed E-state index contributed by atoms with van der Waals surface area (Å²) >= 11 is 3.45. The van der Waals surface area contributed by atoms with Gasteiger partial charge in [-0.05, 0) is 48.9 Å².